The van der Waals surface area contributed by atoms with Crippen LogP contribution in [0.5, 0.6) is 0 Å². The molecular formula is C11H21NO3. The van der Waals surface area contributed by atoms with Crippen LogP contribution in [0, 0.1) is 0 Å². The topological polar surface area (TPSA) is 60.8 Å². The lowest BCUT2D eigenvalue weighted by Crippen LogP contribution is -2.44. The molecule has 0 aliphatic carbocycles. The quantitative estimate of drug-likeness (QED) is 0.720. The lowest BCUT2D eigenvalue weighted by atomic mass is 9.87. The molecule has 4 nitrogen and oxygen atoms in total. The van der Waals surface area contributed by atoms with E-state index in [1.165, 1.54) is 0 Å². The van der Waals surface area contributed by atoms with Gasteiger partial charge in [-0.1, -0.05) is 6.92 Å². The van der Waals surface area contributed by atoms with E-state index >= 15 is 0 Å². The van der Waals surface area contributed by atoms with Crippen LogP contribution < -0.4 is 0 Å². The van der Waals surface area contributed by atoms with E-state index in [-0.39, 0.29) is 6.42 Å². The summed E-state index contributed by atoms with van der Waals surface area (Å²) in [6.07, 6.45) is 3.01. The van der Waals surface area contributed by atoms with Crippen molar-refractivity contribution < 1.29 is 15.0 Å². The van der Waals surface area contributed by atoms with Crippen molar-refractivity contribution >= 4 is 5.97 Å². The minimum atomic E-state index is -0.820. The van der Waals surface area contributed by atoms with Gasteiger partial charge < -0.3 is 15.1 Å². The first-order chi connectivity index (χ1) is 7.06. The molecule has 0 bridgehead atoms. The molecule has 2 N–H and O–H groups in total. The summed E-state index contributed by atoms with van der Waals surface area (Å²) in [6.45, 7) is 5.01. The van der Waals surface area contributed by atoms with E-state index in [9.17, 15) is 9.90 Å². The number of carbonyl (C=O) groups is 1. The average Bonchev–Trinajstić information content (AvgIpc) is 2.20. The Morgan fingerprint density at radius 1 is 1.40 bits per heavy atom. The van der Waals surface area contributed by atoms with Crippen LogP contribution in [0.15, 0.2) is 0 Å². The zero-order valence-corrected chi connectivity index (χ0v) is 9.41. The van der Waals surface area contributed by atoms with Crippen LogP contribution in [0.3, 0.4) is 0 Å². The van der Waals surface area contributed by atoms with E-state index in [2.05, 4.69) is 11.8 Å². The van der Waals surface area contributed by atoms with Crippen LogP contribution in [-0.2, 0) is 4.79 Å². The Labute approximate surface area is 90.9 Å². The lowest BCUT2D eigenvalue weighted by Gasteiger charge is -2.38. The number of rotatable bonds is 5. The predicted molar refractivity (Wildman–Crippen MR) is 57.8 cm³/mol. The van der Waals surface area contributed by atoms with Gasteiger partial charge in [-0.05, 0) is 32.2 Å². The van der Waals surface area contributed by atoms with Crippen molar-refractivity contribution in [1.82, 2.24) is 4.90 Å². The SMILES string of the molecule is CCCN1CCC(O)(CCC(=O)O)CC1. The molecule has 0 spiro atoms. The normalized spacial score (nSPS) is 21.5. The zero-order chi connectivity index (χ0) is 11.3. The molecule has 1 heterocycles. The van der Waals surface area contributed by atoms with Crippen LogP contribution >= 0.6 is 0 Å². The maximum absolute atomic E-state index is 10.4. The highest BCUT2D eigenvalue weighted by Crippen LogP contribution is 2.26. The second kappa shape index (κ2) is 5.47. The predicted octanol–water partition coefficient (Wildman–Crippen LogP) is 1.09. The van der Waals surface area contributed by atoms with Crippen molar-refractivity contribution in [3.8, 4) is 0 Å². The third-order valence-electron chi connectivity index (χ3n) is 3.13. The van der Waals surface area contributed by atoms with Gasteiger partial charge in [-0.15, -0.1) is 0 Å². The molecule has 0 aromatic heterocycles. The average molecular weight is 215 g/mol. The second-order valence-corrected chi connectivity index (χ2v) is 4.46. The van der Waals surface area contributed by atoms with Crippen molar-refractivity contribution in [3.63, 3.8) is 0 Å². The standard InChI is InChI=1S/C11H21NO3/c1-2-7-12-8-5-11(15,6-9-12)4-3-10(13)14/h15H,2-9H2,1H3,(H,13,14). The van der Waals surface area contributed by atoms with E-state index in [0.29, 0.717) is 19.3 Å². The summed E-state index contributed by atoms with van der Waals surface area (Å²) in [5, 5.41) is 18.7. The molecule has 0 unspecified atom stereocenters. The van der Waals surface area contributed by atoms with Crippen LogP contribution in [0.1, 0.15) is 39.0 Å². The number of aliphatic carboxylic acids is 1. The maximum atomic E-state index is 10.4. The Morgan fingerprint density at radius 3 is 2.47 bits per heavy atom. The van der Waals surface area contributed by atoms with Crippen LogP contribution in [0.2, 0.25) is 0 Å². The minimum absolute atomic E-state index is 0.0737. The number of hydrogen-bond donors (Lipinski definition) is 2. The summed E-state index contributed by atoms with van der Waals surface area (Å²) in [7, 11) is 0. The van der Waals surface area contributed by atoms with Crippen LogP contribution in [0.25, 0.3) is 0 Å². The number of hydrogen-bond acceptors (Lipinski definition) is 3. The fourth-order valence-electron chi connectivity index (χ4n) is 2.10. The summed E-state index contributed by atoms with van der Waals surface area (Å²) >= 11 is 0. The first kappa shape index (κ1) is 12.5. The molecule has 0 aromatic carbocycles. The van der Waals surface area contributed by atoms with Crippen molar-refractivity contribution in [2.45, 2.75) is 44.6 Å². The third-order valence-corrected chi connectivity index (χ3v) is 3.13. The Kier molecular flexibility index (Phi) is 4.54. The van der Waals surface area contributed by atoms with Gasteiger partial charge >= 0.3 is 5.97 Å². The van der Waals surface area contributed by atoms with Gasteiger partial charge in [0.1, 0.15) is 0 Å². The van der Waals surface area contributed by atoms with Gasteiger partial charge in [0.25, 0.3) is 0 Å². The van der Waals surface area contributed by atoms with Gasteiger partial charge in [-0.25, -0.2) is 0 Å². The van der Waals surface area contributed by atoms with E-state index in [1.54, 1.807) is 0 Å². The maximum Gasteiger partial charge on any atom is 0.303 e. The molecule has 1 aliphatic rings. The van der Waals surface area contributed by atoms with Crippen LogP contribution in [-0.4, -0.2) is 46.3 Å². The molecule has 1 aliphatic heterocycles. The van der Waals surface area contributed by atoms with Crippen molar-refractivity contribution in [2.24, 2.45) is 0 Å². The molecule has 0 saturated carbocycles. The van der Waals surface area contributed by atoms with Crippen molar-refractivity contribution in [3.05, 3.63) is 0 Å². The molecule has 0 atom stereocenters. The molecular weight excluding hydrogens is 194 g/mol. The molecule has 0 aromatic rings. The molecule has 1 fully saturated rings. The van der Waals surface area contributed by atoms with Crippen molar-refractivity contribution in [1.29, 1.82) is 0 Å². The summed E-state index contributed by atoms with van der Waals surface area (Å²) in [6, 6.07) is 0. The first-order valence-electron chi connectivity index (χ1n) is 5.72. The van der Waals surface area contributed by atoms with Gasteiger partial charge in [0, 0.05) is 19.5 Å². The van der Waals surface area contributed by atoms with E-state index in [4.69, 9.17) is 5.11 Å². The molecule has 4 heteroatoms. The third kappa shape index (κ3) is 4.18. The monoisotopic (exact) mass is 215 g/mol. The number of carboxylic acids is 1. The summed E-state index contributed by atoms with van der Waals surface area (Å²) < 4.78 is 0. The number of likely N-dealkylation sites (tertiary alicyclic amines) is 1. The summed E-state index contributed by atoms with van der Waals surface area (Å²) in [5.74, 6) is -0.820. The number of piperidine rings is 1. The van der Waals surface area contributed by atoms with Gasteiger partial charge in [-0.2, -0.15) is 0 Å². The highest BCUT2D eigenvalue weighted by molar-refractivity contribution is 5.66. The second-order valence-electron chi connectivity index (χ2n) is 4.46. The van der Waals surface area contributed by atoms with Crippen molar-refractivity contribution in [2.75, 3.05) is 19.6 Å². The number of nitrogens with zero attached hydrogens (tertiary/aromatic N) is 1. The van der Waals surface area contributed by atoms with Gasteiger partial charge in [0.05, 0.1) is 5.60 Å². The Hall–Kier alpha value is -0.610. The lowest BCUT2D eigenvalue weighted by molar-refractivity contribution is -0.139. The van der Waals surface area contributed by atoms with E-state index in [0.717, 1.165) is 26.1 Å². The number of aliphatic hydroxyl groups is 1. The Morgan fingerprint density at radius 2 is 2.00 bits per heavy atom. The summed E-state index contributed by atoms with van der Waals surface area (Å²) in [5.41, 5.74) is -0.734. The highest BCUT2D eigenvalue weighted by atomic mass is 16.4. The Balaban J connectivity index is 2.30. The number of carboxylic acid groups (broad SMARTS) is 1. The molecule has 0 amide bonds. The summed E-state index contributed by atoms with van der Waals surface area (Å²) in [4.78, 5) is 12.8. The molecule has 1 saturated heterocycles. The largest absolute Gasteiger partial charge is 0.481 e. The highest BCUT2D eigenvalue weighted by Gasteiger charge is 2.31. The zero-order valence-electron chi connectivity index (χ0n) is 9.41. The molecule has 15 heavy (non-hydrogen) atoms. The van der Waals surface area contributed by atoms with E-state index < -0.39 is 11.6 Å². The van der Waals surface area contributed by atoms with E-state index in [1.807, 2.05) is 0 Å². The fourth-order valence-corrected chi connectivity index (χ4v) is 2.10. The van der Waals surface area contributed by atoms with Gasteiger partial charge in [0.15, 0.2) is 0 Å². The molecule has 0 radical (unpaired) electrons. The van der Waals surface area contributed by atoms with Gasteiger partial charge in [-0.3, -0.25) is 4.79 Å². The van der Waals surface area contributed by atoms with Crippen LogP contribution in [0.4, 0.5) is 0 Å². The fraction of sp³-hybridized carbons (Fsp3) is 0.909. The Bertz CT molecular complexity index is 210. The molecule has 1 rings (SSSR count). The molecule has 88 valence electrons. The van der Waals surface area contributed by atoms with Gasteiger partial charge in [0.2, 0.25) is 0 Å². The first-order valence-corrected chi connectivity index (χ1v) is 5.72. The minimum Gasteiger partial charge on any atom is -0.481 e. The smallest absolute Gasteiger partial charge is 0.303 e.